The van der Waals surface area contributed by atoms with E-state index in [0.29, 0.717) is 0 Å². The molecule has 2 heterocycles. The second-order valence-electron chi connectivity index (χ2n) is 8.79. The lowest BCUT2D eigenvalue weighted by Crippen LogP contribution is -2.26. The van der Waals surface area contributed by atoms with E-state index < -0.39 is 9.52 Å². The van der Waals surface area contributed by atoms with Gasteiger partial charge in [-0.25, -0.2) is 0 Å². The van der Waals surface area contributed by atoms with Gasteiger partial charge in [0.2, 0.25) is 0 Å². The Morgan fingerprint density at radius 2 is 0.676 bits per heavy atom. The highest BCUT2D eigenvalue weighted by atomic mass is 28.2. The summed E-state index contributed by atoms with van der Waals surface area (Å²) in [6, 6.07) is 46.7. The molecule has 178 valence electrons. The molecule has 0 N–H and O–H groups in total. The van der Waals surface area contributed by atoms with Crippen LogP contribution in [0.15, 0.2) is 158 Å². The van der Waals surface area contributed by atoms with Crippen LogP contribution in [0.1, 0.15) is 0 Å². The number of hydrogen-bond donors (Lipinski definition) is 0. The lowest BCUT2D eigenvalue weighted by atomic mass is 10.1. The van der Waals surface area contributed by atoms with Gasteiger partial charge in [0, 0.05) is 24.8 Å². The number of hydrogen-bond acceptors (Lipinski definition) is 2. The summed E-state index contributed by atoms with van der Waals surface area (Å²) in [6.45, 7) is 0. The number of rotatable bonds is 5. The van der Waals surface area contributed by atoms with Gasteiger partial charge in [0.15, 0.2) is 0 Å². The minimum Gasteiger partial charge on any atom is -0.264 e. The van der Waals surface area contributed by atoms with Crippen LogP contribution in [-0.2, 0) is 0 Å². The first-order valence-electron chi connectivity index (χ1n) is 12.4. The fraction of sp³-hybridized carbons (Fsp3) is 0. The van der Waals surface area contributed by atoms with Gasteiger partial charge in [-0.2, -0.15) is 0 Å². The highest BCUT2D eigenvalue weighted by Gasteiger charge is 2.02. The molecule has 0 aliphatic carbocycles. The predicted octanol–water partition coefficient (Wildman–Crippen LogP) is 6.28. The van der Waals surface area contributed by atoms with Gasteiger partial charge in [0.05, 0.1) is 9.52 Å². The Morgan fingerprint density at radius 1 is 0.324 bits per heavy atom. The van der Waals surface area contributed by atoms with E-state index in [1.165, 1.54) is 32.6 Å². The number of nitrogens with zero attached hydrogens (tertiary/aromatic N) is 2. The maximum Gasteiger partial charge on any atom is 0.0875 e. The van der Waals surface area contributed by atoms with E-state index in [0.717, 1.165) is 11.1 Å². The van der Waals surface area contributed by atoms with Crippen LogP contribution in [0.3, 0.4) is 0 Å². The first-order chi connectivity index (χ1) is 18.3. The van der Waals surface area contributed by atoms with Gasteiger partial charge in [-0.1, -0.05) is 132 Å². The molecule has 2 aromatic heterocycles. The molecule has 0 unspecified atom stereocenters. The first kappa shape index (κ1) is 24.1. The third-order valence-electron chi connectivity index (χ3n) is 6.19. The van der Waals surface area contributed by atoms with E-state index in [1.807, 2.05) is 36.7 Å². The fourth-order valence-corrected chi connectivity index (χ4v) is 5.61. The van der Waals surface area contributed by atoms with Crippen LogP contribution in [0.25, 0.3) is 33.4 Å². The summed E-state index contributed by atoms with van der Waals surface area (Å²) in [7, 11) is -0.457. The Hall–Kier alpha value is -4.60. The monoisotopic (exact) mass is 492 g/mol. The van der Waals surface area contributed by atoms with Crippen LogP contribution in [0.5, 0.6) is 0 Å². The van der Waals surface area contributed by atoms with Crippen LogP contribution in [0, 0.1) is 0 Å². The molecule has 0 radical (unpaired) electrons. The van der Waals surface area contributed by atoms with E-state index in [4.69, 9.17) is 0 Å². The zero-order valence-electron chi connectivity index (χ0n) is 20.6. The van der Waals surface area contributed by atoms with E-state index in [-0.39, 0.29) is 0 Å². The van der Waals surface area contributed by atoms with E-state index in [2.05, 4.69) is 119 Å². The van der Waals surface area contributed by atoms with Gasteiger partial charge in [-0.05, 0) is 45.5 Å². The van der Waals surface area contributed by atoms with Gasteiger partial charge in [-0.3, -0.25) is 9.97 Å². The lowest BCUT2D eigenvalue weighted by Gasteiger charge is -2.06. The van der Waals surface area contributed by atoms with Crippen LogP contribution < -0.4 is 10.4 Å². The Morgan fingerprint density at radius 3 is 1.03 bits per heavy atom. The Labute approximate surface area is 221 Å². The van der Waals surface area contributed by atoms with Gasteiger partial charge in [0.1, 0.15) is 0 Å². The molecule has 0 saturated heterocycles. The number of aromatic nitrogens is 2. The summed E-state index contributed by atoms with van der Waals surface area (Å²) >= 11 is 0. The summed E-state index contributed by atoms with van der Waals surface area (Å²) in [6.07, 6.45) is 7.42. The molecule has 0 atom stereocenters. The van der Waals surface area contributed by atoms with Crippen molar-refractivity contribution in [2.75, 3.05) is 0 Å². The fourth-order valence-electron chi connectivity index (χ4n) is 4.19. The van der Waals surface area contributed by atoms with E-state index in [1.54, 1.807) is 12.4 Å². The van der Waals surface area contributed by atoms with Gasteiger partial charge < -0.3 is 0 Å². The molecule has 37 heavy (non-hydrogen) atoms. The molecule has 0 bridgehead atoms. The summed E-state index contributed by atoms with van der Waals surface area (Å²) in [5, 5.41) is 2.89. The minimum atomic E-state index is -0.457. The molecular formula is C34H28N2Si. The highest BCUT2D eigenvalue weighted by Crippen LogP contribution is 2.18. The van der Waals surface area contributed by atoms with Crippen LogP contribution in [0.2, 0.25) is 0 Å². The number of benzene rings is 4. The molecule has 0 saturated carbocycles. The van der Waals surface area contributed by atoms with Crippen LogP contribution >= 0.6 is 0 Å². The Kier molecular flexibility index (Phi) is 8.07. The standard InChI is InChI=1S/C22H18N2Si.C12H10/c1-3-19(15-23-13-1)17-5-9-21(10-6-17)25-22-11-7-18(8-12-22)20-4-2-14-24-16-20;1-3-7-11(8-4-1)12-9-5-2-6-10-12/h1-16H,25H2;1-10H. The van der Waals surface area contributed by atoms with Crippen molar-refractivity contribution in [3.05, 3.63) is 158 Å². The molecule has 0 fully saturated rings. The normalized spacial score (nSPS) is 10.3. The molecule has 4 aromatic carbocycles. The van der Waals surface area contributed by atoms with Crippen molar-refractivity contribution >= 4 is 19.9 Å². The molecule has 0 aliphatic rings. The maximum absolute atomic E-state index is 4.19. The average molecular weight is 493 g/mol. The van der Waals surface area contributed by atoms with Crippen molar-refractivity contribution in [2.24, 2.45) is 0 Å². The molecule has 0 aliphatic heterocycles. The van der Waals surface area contributed by atoms with Crippen LogP contribution in [-0.4, -0.2) is 19.5 Å². The summed E-state index contributed by atoms with van der Waals surface area (Å²) in [5.41, 5.74) is 7.32. The van der Waals surface area contributed by atoms with E-state index in [9.17, 15) is 0 Å². The van der Waals surface area contributed by atoms with Crippen molar-refractivity contribution in [1.82, 2.24) is 9.97 Å². The second kappa shape index (κ2) is 12.4. The molecule has 2 nitrogen and oxygen atoms in total. The molecule has 0 spiro atoms. The largest absolute Gasteiger partial charge is 0.264 e. The third-order valence-corrected chi connectivity index (χ3v) is 7.95. The van der Waals surface area contributed by atoms with Crippen molar-refractivity contribution in [3.63, 3.8) is 0 Å². The predicted molar refractivity (Wildman–Crippen MR) is 159 cm³/mol. The maximum atomic E-state index is 4.19. The molecule has 6 aromatic rings. The Balaban J connectivity index is 0.000000195. The third kappa shape index (κ3) is 6.75. The molecule has 0 amide bonds. The topological polar surface area (TPSA) is 25.8 Å². The summed E-state index contributed by atoms with van der Waals surface area (Å²) in [5.74, 6) is 0. The number of pyridine rings is 2. The van der Waals surface area contributed by atoms with Crippen LogP contribution in [0.4, 0.5) is 0 Å². The van der Waals surface area contributed by atoms with Crippen molar-refractivity contribution in [1.29, 1.82) is 0 Å². The summed E-state index contributed by atoms with van der Waals surface area (Å²) < 4.78 is 0. The second-order valence-corrected chi connectivity index (χ2v) is 10.8. The molecular weight excluding hydrogens is 464 g/mol. The average Bonchev–Trinajstić information content (AvgIpc) is 3.00. The van der Waals surface area contributed by atoms with Crippen molar-refractivity contribution < 1.29 is 0 Å². The Bertz CT molecular complexity index is 1370. The minimum absolute atomic E-state index is 0.457. The quantitative estimate of drug-likeness (QED) is 0.265. The van der Waals surface area contributed by atoms with Gasteiger partial charge in [-0.15, -0.1) is 0 Å². The van der Waals surface area contributed by atoms with Crippen molar-refractivity contribution in [3.8, 4) is 33.4 Å². The molecule has 6 rings (SSSR count). The van der Waals surface area contributed by atoms with E-state index >= 15 is 0 Å². The van der Waals surface area contributed by atoms with Gasteiger partial charge >= 0.3 is 0 Å². The SMILES string of the molecule is c1ccc(-c2ccccc2)cc1.c1cncc(-c2ccc([SiH2]c3ccc(-c4cccnc4)cc3)cc2)c1. The summed E-state index contributed by atoms with van der Waals surface area (Å²) in [4.78, 5) is 8.38. The zero-order valence-corrected chi connectivity index (χ0v) is 22.0. The van der Waals surface area contributed by atoms with Crippen molar-refractivity contribution in [2.45, 2.75) is 0 Å². The zero-order chi connectivity index (χ0) is 25.1. The van der Waals surface area contributed by atoms with Gasteiger partial charge in [0.25, 0.3) is 0 Å². The first-order valence-corrected chi connectivity index (χ1v) is 13.9. The lowest BCUT2D eigenvalue weighted by molar-refractivity contribution is 1.33. The highest BCUT2D eigenvalue weighted by molar-refractivity contribution is 6.67. The smallest absolute Gasteiger partial charge is 0.0875 e. The molecule has 3 heteroatoms.